The monoisotopic (exact) mass is 544 g/mol. The molecule has 7 nitrogen and oxygen atoms in total. The van der Waals surface area contributed by atoms with Crippen LogP contribution in [-0.4, -0.2) is 33.3 Å². The molecule has 3 aromatic rings. The lowest BCUT2D eigenvalue weighted by molar-refractivity contribution is -0.142. The lowest BCUT2D eigenvalue weighted by atomic mass is 10.0. The molecule has 2 heterocycles. The predicted octanol–water partition coefficient (Wildman–Crippen LogP) is 5.27. The van der Waals surface area contributed by atoms with Gasteiger partial charge in [-0.3, -0.25) is 4.79 Å². The molecule has 1 aliphatic rings. The summed E-state index contributed by atoms with van der Waals surface area (Å²) < 4.78 is 96.3. The number of nitrogens with one attached hydrogen (secondary N) is 1. The Bertz CT molecular complexity index is 1400. The van der Waals surface area contributed by atoms with E-state index in [4.69, 9.17) is 5.11 Å². The number of carbonyl (C=O) groups excluding carboxylic acids is 1. The second-order valence-electron chi connectivity index (χ2n) is 8.62. The summed E-state index contributed by atoms with van der Waals surface area (Å²) in [5, 5.41) is 14.8. The number of fused-ring (bicyclic) bond motifs is 1. The summed E-state index contributed by atoms with van der Waals surface area (Å²) in [7, 11) is 0. The third-order valence-corrected chi connectivity index (χ3v) is 5.99. The van der Waals surface area contributed by atoms with E-state index in [-0.39, 0.29) is 42.1 Å². The van der Waals surface area contributed by atoms with Gasteiger partial charge in [0.15, 0.2) is 5.69 Å². The largest absolute Gasteiger partial charge is 0.478 e. The van der Waals surface area contributed by atoms with Gasteiger partial charge in [-0.25, -0.2) is 13.9 Å². The van der Waals surface area contributed by atoms with Gasteiger partial charge < -0.3 is 15.3 Å². The quantitative estimate of drug-likeness (QED) is 0.413. The molecule has 1 amide bonds. The summed E-state index contributed by atoms with van der Waals surface area (Å²) in [6, 6.07) is 6.01. The van der Waals surface area contributed by atoms with Gasteiger partial charge >= 0.3 is 18.3 Å². The SMILES string of the molecule is C[C@H](NC(=O)c1c(C(F)(F)F)nn2c1N(Cc1cccc(C(F)(F)F)c1)CC2)c1ccc(C(=O)O)cc1F. The summed E-state index contributed by atoms with van der Waals surface area (Å²) in [4.78, 5) is 25.5. The zero-order chi connectivity index (χ0) is 28.0. The van der Waals surface area contributed by atoms with E-state index in [0.717, 1.165) is 35.0 Å². The van der Waals surface area contributed by atoms with E-state index in [1.807, 2.05) is 0 Å². The first-order valence-electron chi connectivity index (χ1n) is 11.1. The highest BCUT2D eigenvalue weighted by molar-refractivity contribution is 6.01. The fraction of sp³-hybridized carbons (Fsp3) is 0.292. The molecule has 14 heteroatoms. The van der Waals surface area contributed by atoms with Gasteiger partial charge in [-0.15, -0.1) is 0 Å². The van der Waals surface area contributed by atoms with Crippen molar-refractivity contribution in [2.24, 2.45) is 0 Å². The number of carbonyl (C=O) groups is 2. The Balaban J connectivity index is 1.67. The predicted molar refractivity (Wildman–Crippen MR) is 119 cm³/mol. The maximum absolute atomic E-state index is 14.5. The van der Waals surface area contributed by atoms with Gasteiger partial charge in [0.05, 0.1) is 23.7 Å². The van der Waals surface area contributed by atoms with Crippen LogP contribution in [0.5, 0.6) is 0 Å². The maximum atomic E-state index is 14.5. The van der Waals surface area contributed by atoms with E-state index < -0.39 is 52.9 Å². The van der Waals surface area contributed by atoms with Crippen LogP contribution in [-0.2, 0) is 25.4 Å². The number of hydrogen-bond acceptors (Lipinski definition) is 4. The van der Waals surface area contributed by atoms with E-state index in [1.165, 1.54) is 24.0 Å². The van der Waals surface area contributed by atoms with Crippen molar-refractivity contribution in [1.82, 2.24) is 15.1 Å². The minimum atomic E-state index is -5.04. The van der Waals surface area contributed by atoms with Crippen LogP contribution in [0.2, 0.25) is 0 Å². The van der Waals surface area contributed by atoms with Crippen LogP contribution in [0.15, 0.2) is 42.5 Å². The van der Waals surface area contributed by atoms with E-state index in [1.54, 1.807) is 0 Å². The summed E-state index contributed by atoms with van der Waals surface area (Å²) in [5.74, 6) is -3.84. The standard InChI is InChI=1S/C24H19F7N4O3/c1-12(16-6-5-14(22(37)38)10-17(16)25)32-20(36)18-19(24(29,30)31)33-35-8-7-34(21(18)35)11-13-3-2-4-15(9-13)23(26,27)28/h2-6,9-10,12H,7-8,11H2,1H3,(H,32,36)(H,37,38)/t12-/m0/s1. The molecule has 0 spiro atoms. The van der Waals surface area contributed by atoms with Crippen LogP contribution in [0.4, 0.5) is 36.6 Å². The molecule has 4 rings (SSSR count). The lowest BCUT2D eigenvalue weighted by Crippen LogP contribution is -2.31. The molecular weight excluding hydrogens is 525 g/mol. The molecule has 202 valence electrons. The fourth-order valence-electron chi connectivity index (χ4n) is 4.24. The van der Waals surface area contributed by atoms with Crippen molar-refractivity contribution in [1.29, 1.82) is 0 Å². The molecule has 0 aliphatic carbocycles. The van der Waals surface area contributed by atoms with Crippen LogP contribution in [0, 0.1) is 5.82 Å². The Morgan fingerprint density at radius 3 is 2.37 bits per heavy atom. The summed E-state index contributed by atoms with van der Waals surface area (Å²) in [6.07, 6.45) is -9.66. The van der Waals surface area contributed by atoms with Crippen molar-refractivity contribution in [3.63, 3.8) is 0 Å². The number of rotatable bonds is 6. The first kappa shape index (κ1) is 26.9. The van der Waals surface area contributed by atoms with Gasteiger partial charge in [-0.1, -0.05) is 18.2 Å². The average molecular weight is 544 g/mol. The molecule has 0 fully saturated rings. The van der Waals surface area contributed by atoms with Gasteiger partial charge in [0.2, 0.25) is 0 Å². The highest BCUT2D eigenvalue weighted by Crippen LogP contribution is 2.39. The number of hydrogen-bond donors (Lipinski definition) is 2. The number of anilines is 1. The Hall–Kier alpha value is -4.10. The highest BCUT2D eigenvalue weighted by atomic mass is 19.4. The number of alkyl halides is 6. The molecule has 0 bridgehead atoms. The second-order valence-corrected chi connectivity index (χ2v) is 8.62. The number of benzene rings is 2. The fourth-order valence-corrected chi connectivity index (χ4v) is 4.24. The Labute approximate surface area is 210 Å². The smallest absolute Gasteiger partial charge is 0.436 e. The van der Waals surface area contributed by atoms with E-state index in [2.05, 4.69) is 10.4 Å². The summed E-state index contributed by atoms with van der Waals surface area (Å²) >= 11 is 0. The minimum Gasteiger partial charge on any atom is -0.478 e. The van der Waals surface area contributed by atoms with E-state index >= 15 is 0 Å². The molecule has 0 saturated heterocycles. The van der Waals surface area contributed by atoms with Crippen molar-refractivity contribution in [3.8, 4) is 0 Å². The van der Waals surface area contributed by atoms with Gasteiger partial charge in [0.1, 0.15) is 17.2 Å². The van der Waals surface area contributed by atoms with Crippen LogP contribution < -0.4 is 10.2 Å². The molecule has 38 heavy (non-hydrogen) atoms. The number of halogens is 7. The molecule has 0 radical (unpaired) electrons. The first-order chi connectivity index (χ1) is 17.7. The van der Waals surface area contributed by atoms with E-state index in [0.29, 0.717) is 0 Å². The van der Waals surface area contributed by atoms with Crippen molar-refractivity contribution < 1.29 is 45.4 Å². The molecule has 1 aliphatic heterocycles. The number of amides is 1. The van der Waals surface area contributed by atoms with Gasteiger partial charge in [0, 0.05) is 18.7 Å². The normalized spacial score (nSPS) is 14.4. The van der Waals surface area contributed by atoms with Crippen LogP contribution in [0.1, 0.15) is 56.1 Å². The van der Waals surface area contributed by atoms with Crippen LogP contribution in [0.3, 0.4) is 0 Å². The number of aromatic carboxylic acids is 1. The Kier molecular flexibility index (Phi) is 6.84. The minimum absolute atomic E-state index is 0.0501. The molecule has 2 N–H and O–H groups in total. The van der Waals surface area contributed by atoms with Crippen molar-refractivity contribution in [2.45, 2.75) is 38.4 Å². The van der Waals surface area contributed by atoms with Crippen molar-refractivity contribution in [2.75, 3.05) is 11.4 Å². The number of aromatic nitrogens is 2. The lowest BCUT2D eigenvalue weighted by Gasteiger charge is -2.21. The molecule has 1 aromatic heterocycles. The molecule has 1 atom stereocenters. The third-order valence-electron chi connectivity index (χ3n) is 5.99. The number of carboxylic acid groups (broad SMARTS) is 1. The zero-order valence-electron chi connectivity index (χ0n) is 19.5. The van der Waals surface area contributed by atoms with E-state index in [9.17, 15) is 40.3 Å². The number of nitrogens with zero attached hydrogens (tertiary/aromatic N) is 3. The summed E-state index contributed by atoms with van der Waals surface area (Å²) in [5.41, 5.74) is -3.64. The third kappa shape index (κ3) is 5.29. The molecular formula is C24H19F7N4O3. The first-order valence-corrected chi connectivity index (χ1v) is 11.1. The Morgan fingerprint density at radius 2 is 1.76 bits per heavy atom. The Morgan fingerprint density at radius 1 is 1.05 bits per heavy atom. The van der Waals surface area contributed by atoms with Crippen LogP contribution in [0.25, 0.3) is 0 Å². The highest BCUT2D eigenvalue weighted by Gasteiger charge is 2.44. The average Bonchev–Trinajstić information content (AvgIpc) is 3.38. The van der Waals surface area contributed by atoms with Gasteiger partial charge in [-0.05, 0) is 36.8 Å². The van der Waals surface area contributed by atoms with Crippen molar-refractivity contribution in [3.05, 3.63) is 81.8 Å². The molecule has 0 saturated carbocycles. The topological polar surface area (TPSA) is 87.5 Å². The van der Waals surface area contributed by atoms with Gasteiger partial charge in [0.25, 0.3) is 5.91 Å². The van der Waals surface area contributed by atoms with Crippen molar-refractivity contribution >= 4 is 17.7 Å². The summed E-state index contributed by atoms with van der Waals surface area (Å²) in [6.45, 7) is 1.10. The molecule has 0 unspecified atom stereocenters. The molecule has 2 aromatic carbocycles. The zero-order valence-corrected chi connectivity index (χ0v) is 19.5. The van der Waals surface area contributed by atoms with Gasteiger partial charge in [-0.2, -0.15) is 31.4 Å². The maximum Gasteiger partial charge on any atom is 0.436 e. The number of carboxylic acids is 1. The second kappa shape index (κ2) is 9.65. The van der Waals surface area contributed by atoms with Crippen LogP contribution >= 0.6 is 0 Å².